The van der Waals surface area contributed by atoms with Gasteiger partial charge < -0.3 is 18.1 Å². The smallest absolute Gasteiger partial charge is 0.248 e. The Morgan fingerprint density at radius 2 is 1.77 bits per heavy atom. The molecule has 10 heteroatoms. The van der Waals surface area contributed by atoms with Gasteiger partial charge >= 0.3 is 0 Å². The van der Waals surface area contributed by atoms with Gasteiger partial charge in [-0.05, 0) is 104 Å². The number of alkyl halides is 3. The minimum atomic E-state index is -2.32. The van der Waals surface area contributed by atoms with E-state index in [4.69, 9.17) is 0 Å². The molecule has 1 unspecified atom stereocenters. The minimum Gasteiger partial charge on any atom is -0.385 e. The number of rotatable bonds is 12. The third-order valence-corrected chi connectivity index (χ3v) is 7.54. The topological polar surface area (TPSA) is 55.3 Å². The Bertz CT molecular complexity index is 1000. The van der Waals surface area contributed by atoms with Gasteiger partial charge in [-0.25, -0.2) is 13.2 Å². The average Bonchev–Trinajstić information content (AvgIpc) is 2.96. The summed E-state index contributed by atoms with van der Waals surface area (Å²) in [5, 5.41) is 18.7. The molecule has 2 aliphatic carbocycles. The third-order valence-electron chi connectivity index (χ3n) is 7.54. The van der Waals surface area contributed by atoms with Crippen LogP contribution in [0.3, 0.4) is 0 Å². The van der Waals surface area contributed by atoms with Crippen molar-refractivity contribution < 1.29 is 34.2 Å². The molecule has 1 atom stereocenters. The Morgan fingerprint density at radius 1 is 1.19 bits per heavy atom. The normalized spacial score (nSPS) is 22.8. The first-order valence-electron chi connectivity index (χ1n) is 16.5. The molecular weight excluding hydrogens is 769 g/mol. The molecule has 0 aromatic carbocycles. The molecule has 0 saturated heterocycles. The fourth-order valence-electron chi connectivity index (χ4n) is 5.37. The van der Waals surface area contributed by atoms with E-state index in [-0.39, 0.29) is 47.4 Å². The predicted molar refractivity (Wildman–Crippen MR) is 196 cm³/mol. The maximum atomic E-state index is 13.5. The molecule has 6 nitrogen and oxygen atoms in total. The summed E-state index contributed by atoms with van der Waals surface area (Å²) in [6, 6.07) is 0.558. The fourth-order valence-corrected chi connectivity index (χ4v) is 5.37. The van der Waals surface area contributed by atoms with E-state index in [0.717, 1.165) is 42.9 Å². The van der Waals surface area contributed by atoms with Crippen LogP contribution in [0.1, 0.15) is 107 Å². The SMILES string of the molecule is C=C(CC1CC(C)(F)C1)NCC1=CC(C)N(/C=C(\C)CNC)N=C1.C=C/C(=C/C)N(N=C)C(C)C.CC.FC1(F)CCCCC1.[CH3-].[W]. The number of hydrogen-bond acceptors (Lipinski definition) is 6. The molecule has 0 amide bonds. The van der Waals surface area contributed by atoms with Gasteiger partial charge in [0.15, 0.2) is 0 Å². The summed E-state index contributed by atoms with van der Waals surface area (Å²) < 4.78 is 37.9. The van der Waals surface area contributed by atoms with Crippen LogP contribution in [0, 0.1) is 13.3 Å². The predicted octanol–water partition coefficient (Wildman–Crippen LogP) is 9.82. The first-order valence-corrected chi connectivity index (χ1v) is 16.5. The van der Waals surface area contributed by atoms with Crippen LogP contribution in [0.4, 0.5) is 13.2 Å². The van der Waals surface area contributed by atoms with E-state index in [1.165, 1.54) is 5.57 Å². The molecule has 0 aromatic rings. The Hall–Kier alpha value is -2.12. The fraction of sp³-hybridized carbons (Fsp3) is 0.649. The second-order valence-corrected chi connectivity index (χ2v) is 12.4. The van der Waals surface area contributed by atoms with Gasteiger partial charge in [0.1, 0.15) is 5.67 Å². The van der Waals surface area contributed by atoms with Gasteiger partial charge in [-0.15, -0.1) is 0 Å². The van der Waals surface area contributed by atoms with E-state index in [0.29, 0.717) is 37.6 Å². The zero-order valence-corrected chi connectivity index (χ0v) is 34.1. The Kier molecular flexibility index (Phi) is 27.1. The molecule has 2 fully saturated rings. The number of hydrogen-bond donors (Lipinski definition) is 2. The van der Waals surface area contributed by atoms with Crippen molar-refractivity contribution in [3.8, 4) is 0 Å². The van der Waals surface area contributed by atoms with E-state index in [1.807, 2.05) is 50.1 Å². The zero-order chi connectivity index (χ0) is 34.6. The zero-order valence-electron chi connectivity index (χ0n) is 31.1. The molecule has 272 valence electrons. The number of halogens is 3. The molecular formula is C37H66F3N6W-. The van der Waals surface area contributed by atoms with Crippen molar-refractivity contribution in [3.63, 3.8) is 0 Å². The van der Waals surface area contributed by atoms with Gasteiger partial charge in [0.25, 0.3) is 0 Å². The van der Waals surface area contributed by atoms with Gasteiger partial charge in [0.05, 0.1) is 18.0 Å². The number of nitrogens with one attached hydrogen (secondary N) is 2. The Balaban J connectivity index is -0.000000701. The van der Waals surface area contributed by atoms with Crippen molar-refractivity contribution in [2.45, 2.75) is 130 Å². The van der Waals surface area contributed by atoms with Gasteiger partial charge in [-0.1, -0.05) is 45.6 Å². The average molecular weight is 836 g/mol. The third kappa shape index (κ3) is 20.8. The van der Waals surface area contributed by atoms with Crippen molar-refractivity contribution in [1.82, 2.24) is 20.7 Å². The molecule has 1 aliphatic heterocycles. The van der Waals surface area contributed by atoms with E-state index < -0.39 is 11.6 Å². The van der Waals surface area contributed by atoms with Crippen molar-refractivity contribution >= 4 is 12.9 Å². The van der Waals surface area contributed by atoms with Crippen LogP contribution >= 0.6 is 0 Å². The molecule has 3 aliphatic rings. The summed E-state index contributed by atoms with van der Waals surface area (Å²) in [5.41, 5.74) is 3.43. The molecule has 0 aromatic heterocycles. The minimum absolute atomic E-state index is 0. The van der Waals surface area contributed by atoms with Crippen molar-refractivity contribution in [3.05, 3.63) is 67.6 Å². The molecule has 0 radical (unpaired) electrons. The van der Waals surface area contributed by atoms with Crippen LogP contribution in [0.5, 0.6) is 0 Å². The van der Waals surface area contributed by atoms with Crippen LogP contribution in [0.25, 0.3) is 0 Å². The number of nitrogens with zero attached hydrogens (tertiary/aromatic N) is 4. The molecule has 2 saturated carbocycles. The van der Waals surface area contributed by atoms with Crippen LogP contribution in [0.2, 0.25) is 0 Å². The number of likely N-dealkylation sites (N-methyl/N-ethyl adjacent to an activating group) is 1. The molecule has 0 bridgehead atoms. The standard InChI is InChI=1S/C19H31FN4.C9H16N2.C6H10F2.C2H6.CH3.W/c1-14(10-21-5)13-24-16(3)7-18(12-23-24)11-22-15(2)6-17-8-19(4,20)9-17;1-6-9(7-2)11(10-5)8(3)4;7-6(8)4-2-1-3-5-6;1-2;;/h7,12-13,16-17,21-22H,2,6,8-11H2,1,3-5H3;6-8H,1,5H2,2-4H3;1-5H2;1-2H3;1H3;/q;;;;-1;/b14-13+;9-7-;;;;. The van der Waals surface area contributed by atoms with Crippen LogP contribution in [-0.4, -0.2) is 66.8 Å². The van der Waals surface area contributed by atoms with Gasteiger partial charge in [0, 0.05) is 71.7 Å². The van der Waals surface area contributed by atoms with E-state index in [9.17, 15) is 13.2 Å². The van der Waals surface area contributed by atoms with Gasteiger partial charge in [0.2, 0.25) is 5.92 Å². The van der Waals surface area contributed by atoms with Crippen molar-refractivity contribution in [2.24, 2.45) is 16.1 Å². The largest absolute Gasteiger partial charge is 0.385 e. The molecule has 0 spiro atoms. The number of hydrazone groups is 2. The summed E-state index contributed by atoms with van der Waals surface area (Å²) in [4.78, 5) is 0. The van der Waals surface area contributed by atoms with Crippen molar-refractivity contribution in [2.75, 3.05) is 20.1 Å². The van der Waals surface area contributed by atoms with Gasteiger partial charge in [-0.2, -0.15) is 10.2 Å². The molecule has 47 heavy (non-hydrogen) atoms. The summed E-state index contributed by atoms with van der Waals surface area (Å²) >= 11 is 0. The Morgan fingerprint density at radius 3 is 2.13 bits per heavy atom. The summed E-state index contributed by atoms with van der Waals surface area (Å²) in [6.45, 7) is 28.8. The number of allylic oxidation sites excluding steroid dienone is 3. The first kappa shape index (κ1) is 49.3. The van der Waals surface area contributed by atoms with E-state index >= 15 is 0 Å². The van der Waals surface area contributed by atoms with Crippen LogP contribution in [-0.2, 0) is 21.1 Å². The second-order valence-electron chi connectivity index (χ2n) is 12.4. The van der Waals surface area contributed by atoms with Gasteiger partial charge in [-0.3, -0.25) is 10.0 Å². The summed E-state index contributed by atoms with van der Waals surface area (Å²) in [5.74, 6) is -1.89. The van der Waals surface area contributed by atoms with E-state index in [2.05, 4.69) is 80.7 Å². The van der Waals surface area contributed by atoms with Crippen LogP contribution < -0.4 is 10.6 Å². The van der Waals surface area contributed by atoms with Crippen molar-refractivity contribution in [1.29, 1.82) is 0 Å². The second kappa shape index (κ2) is 25.8. The maximum absolute atomic E-state index is 13.5. The Labute approximate surface area is 301 Å². The molecule has 1 heterocycles. The monoisotopic (exact) mass is 835 g/mol. The molecule has 3 rings (SSSR count). The maximum Gasteiger partial charge on any atom is 0.248 e. The molecule has 2 N–H and O–H groups in total. The summed E-state index contributed by atoms with van der Waals surface area (Å²) in [7, 11) is 1.94. The first-order chi connectivity index (χ1) is 21.2. The van der Waals surface area contributed by atoms with Crippen LogP contribution in [0.15, 0.2) is 70.3 Å². The summed E-state index contributed by atoms with van der Waals surface area (Å²) in [6.07, 6.45) is 14.7. The quantitative estimate of drug-likeness (QED) is 0.0891. The van der Waals surface area contributed by atoms with E-state index in [1.54, 1.807) is 13.0 Å².